The number of benzene rings is 3. The number of ether oxygens (including phenoxy) is 2. The number of carbonyl (C=O) groups excluding carboxylic acids is 1. The summed E-state index contributed by atoms with van der Waals surface area (Å²) in [5, 5.41) is 0. The lowest BCUT2D eigenvalue weighted by Gasteiger charge is -2.25. The molecule has 0 bridgehead atoms. The molecule has 1 aliphatic heterocycles. The molecule has 0 N–H and O–H groups in total. The van der Waals surface area contributed by atoms with Crippen molar-refractivity contribution in [3.05, 3.63) is 130 Å². The van der Waals surface area contributed by atoms with E-state index >= 15 is 0 Å². The van der Waals surface area contributed by atoms with Crippen molar-refractivity contribution in [1.29, 1.82) is 0 Å². The number of rotatable bonds is 7. The lowest BCUT2D eigenvalue weighted by Crippen LogP contribution is -2.40. The predicted octanol–water partition coefficient (Wildman–Crippen LogP) is 5.29. The van der Waals surface area contributed by atoms with Gasteiger partial charge in [-0.05, 0) is 70.8 Å². The van der Waals surface area contributed by atoms with Gasteiger partial charge in [-0.1, -0.05) is 84.5 Å². The van der Waals surface area contributed by atoms with Crippen molar-refractivity contribution in [2.75, 3.05) is 7.11 Å². The standard InChI is InChI=1S/C31H27IN2O4S/c1-4-24-27(30(36)37-3)28(22-8-6-5-7-9-22)34-29(35)26(39-31(34)33-24)17-21-14-15-25(23(32)16-21)38-18-20-12-10-19(2)11-13-20/h5-17,28H,4,18H2,1-3H3/b26-17-/t28-/m0/s1. The molecule has 39 heavy (non-hydrogen) atoms. The van der Waals surface area contributed by atoms with Gasteiger partial charge in [0.15, 0.2) is 4.80 Å². The maximum atomic E-state index is 13.8. The molecule has 198 valence electrons. The first kappa shape index (κ1) is 27.1. The number of fused-ring (bicyclic) bond motifs is 1. The molecule has 0 unspecified atom stereocenters. The molecule has 0 fully saturated rings. The Balaban J connectivity index is 1.53. The van der Waals surface area contributed by atoms with Crippen LogP contribution in [0.3, 0.4) is 0 Å². The molecule has 2 heterocycles. The predicted molar refractivity (Wildman–Crippen MR) is 162 cm³/mol. The van der Waals surface area contributed by atoms with Crippen LogP contribution in [0.1, 0.15) is 41.6 Å². The number of aryl methyl sites for hydroxylation is 1. The number of hydrogen-bond acceptors (Lipinski definition) is 6. The summed E-state index contributed by atoms with van der Waals surface area (Å²) in [5.74, 6) is 0.309. The molecule has 0 aliphatic carbocycles. The van der Waals surface area contributed by atoms with Crippen LogP contribution in [-0.4, -0.2) is 17.6 Å². The first-order valence-corrected chi connectivity index (χ1v) is 14.4. The van der Waals surface area contributed by atoms with Gasteiger partial charge in [0.05, 0.1) is 32.5 Å². The Bertz CT molecular complexity index is 1740. The van der Waals surface area contributed by atoms with E-state index in [2.05, 4.69) is 53.8 Å². The Labute approximate surface area is 244 Å². The first-order valence-electron chi connectivity index (χ1n) is 12.6. The number of allylic oxidation sites excluding steroid dienone is 1. The average molecular weight is 651 g/mol. The zero-order chi connectivity index (χ0) is 27.5. The summed E-state index contributed by atoms with van der Waals surface area (Å²) in [4.78, 5) is 32.0. The van der Waals surface area contributed by atoms with Crippen LogP contribution >= 0.6 is 33.9 Å². The summed E-state index contributed by atoms with van der Waals surface area (Å²) in [6, 6.07) is 23.1. The maximum absolute atomic E-state index is 13.8. The fourth-order valence-electron chi connectivity index (χ4n) is 4.54. The first-order chi connectivity index (χ1) is 18.9. The van der Waals surface area contributed by atoms with E-state index in [0.29, 0.717) is 33.6 Å². The van der Waals surface area contributed by atoms with Crippen LogP contribution in [0.15, 0.2) is 93.9 Å². The molecule has 0 radical (unpaired) electrons. The molecule has 8 heteroatoms. The van der Waals surface area contributed by atoms with Crippen molar-refractivity contribution < 1.29 is 14.3 Å². The molecule has 1 aromatic heterocycles. The van der Waals surface area contributed by atoms with Gasteiger partial charge >= 0.3 is 5.97 Å². The fraction of sp³-hybridized carbons (Fsp3) is 0.194. The number of halogens is 1. The monoisotopic (exact) mass is 650 g/mol. The number of nitrogens with zero attached hydrogens (tertiary/aromatic N) is 2. The van der Waals surface area contributed by atoms with Crippen molar-refractivity contribution >= 4 is 46.0 Å². The van der Waals surface area contributed by atoms with Crippen LogP contribution in [-0.2, 0) is 16.1 Å². The van der Waals surface area contributed by atoms with Gasteiger partial charge in [0.25, 0.3) is 5.56 Å². The van der Waals surface area contributed by atoms with E-state index in [1.54, 1.807) is 4.57 Å². The summed E-state index contributed by atoms with van der Waals surface area (Å²) in [7, 11) is 1.35. The minimum atomic E-state index is -0.607. The second-order valence-electron chi connectivity index (χ2n) is 9.16. The van der Waals surface area contributed by atoms with Crippen molar-refractivity contribution in [3.63, 3.8) is 0 Å². The number of esters is 1. The smallest absolute Gasteiger partial charge is 0.338 e. The van der Waals surface area contributed by atoms with Gasteiger partial charge in [0.1, 0.15) is 12.4 Å². The summed E-state index contributed by atoms with van der Waals surface area (Å²) < 4.78 is 14.3. The molecular formula is C31H27IN2O4S. The number of thiazole rings is 1. The van der Waals surface area contributed by atoms with Gasteiger partial charge in [-0.25, -0.2) is 9.79 Å². The fourth-order valence-corrected chi connectivity index (χ4v) is 6.25. The van der Waals surface area contributed by atoms with E-state index in [1.165, 1.54) is 24.0 Å². The SMILES string of the molecule is CCC1=C(C(=O)OC)[C@H](c2ccccc2)n2c(s/c(=C\c3ccc(OCc4ccc(C)cc4)c(I)c3)c2=O)=N1. The van der Waals surface area contributed by atoms with Gasteiger partial charge in [-0.15, -0.1) is 0 Å². The summed E-state index contributed by atoms with van der Waals surface area (Å²) in [6.45, 7) is 4.49. The Hall–Kier alpha value is -3.50. The molecule has 5 rings (SSSR count). The van der Waals surface area contributed by atoms with E-state index in [9.17, 15) is 9.59 Å². The van der Waals surface area contributed by atoms with Gasteiger partial charge in [-0.2, -0.15) is 0 Å². The van der Waals surface area contributed by atoms with Crippen molar-refractivity contribution in [2.24, 2.45) is 4.99 Å². The van der Waals surface area contributed by atoms with Crippen LogP contribution in [0.25, 0.3) is 6.08 Å². The molecule has 0 amide bonds. The summed E-state index contributed by atoms with van der Waals surface area (Å²) >= 11 is 3.58. The topological polar surface area (TPSA) is 69.9 Å². The van der Waals surface area contributed by atoms with Gasteiger partial charge in [0, 0.05) is 0 Å². The zero-order valence-corrected chi connectivity index (χ0v) is 24.8. The summed E-state index contributed by atoms with van der Waals surface area (Å²) in [6.07, 6.45) is 2.41. The Morgan fingerprint density at radius 2 is 1.85 bits per heavy atom. The third kappa shape index (κ3) is 5.62. The van der Waals surface area contributed by atoms with Crippen molar-refractivity contribution in [3.8, 4) is 5.75 Å². The quantitative estimate of drug-likeness (QED) is 0.202. The minimum Gasteiger partial charge on any atom is -0.488 e. The van der Waals surface area contributed by atoms with Gasteiger partial charge in [-0.3, -0.25) is 9.36 Å². The normalized spacial score (nSPS) is 15.1. The molecule has 1 atom stereocenters. The average Bonchev–Trinajstić information content (AvgIpc) is 3.26. The van der Waals surface area contributed by atoms with E-state index in [4.69, 9.17) is 14.5 Å². The summed E-state index contributed by atoms with van der Waals surface area (Å²) in [5.41, 5.74) is 4.86. The van der Waals surface area contributed by atoms with Crippen LogP contribution in [0.4, 0.5) is 0 Å². The second kappa shape index (κ2) is 11.7. The van der Waals surface area contributed by atoms with E-state index < -0.39 is 12.0 Å². The highest BCUT2D eigenvalue weighted by atomic mass is 127. The molecule has 4 aromatic rings. The highest BCUT2D eigenvalue weighted by Crippen LogP contribution is 2.31. The third-order valence-corrected chi connectivity index (χ3v) is 8.36. The lowest BCUT2D eigenvalue weighted by atomic mass is 9.95. The Kier molecular flexibility index (Phi) is 8.13. The largest absolute Gasteiger partial charge is 0.488 e. The van der Waals surface area contributed by atoms with Gasteiger partial charge in [0.2, 0.25) is 0 Å². The number of hydrogen-bond donors (Lipinski definition) is 0. The third-order valence-electron chi connectivity index (χ3n) is 6.53. The molecule has 1 aliphatic rings. The maximum Gasteiger partial charge on any atom is 0.338 e. The van der Waals surface area contributed by atoms with E-state index in [-0.39, 0.29) is 5.56 Å². The van der Waals surface area contributed by atoms with E-state index in [1.807, 2.05) is 61.5 Å². The molecule has 3 aromatic carbocycles. The molecular weight excluding hydrogens is 623 g/mol. The van der Waals surface area contributed by atoms with Crippen LogP contribution in [0.2, 0.25) is 0 Å². The minimum absolute atomic E-state index is 0.195. The molecule has 0 saturated carbocycles. The highest BCUT2D eigenvalue weighted by Gasteiger charge is 2.33. The highest BCUT2D eigenvalue weighted by molar-refractivity contribution is 14.1. The number of carbonyl (C=O) groups is 1. The van der Waals surface area contributed by atoms with Crippen molar-refractivity contribution in [2.45, 2.75) is 32.9 Å². The Morgan fingerprint density at radius 1 is 1.10 bits per heavy atom. The second-order valence-corrected chi connectivity index (χ2v) is 11.3. The number of methoxy groups -OCH3 is 1. The zero-order valence-electron chi connectivity index (χ0n) is 21.8. The van der Waals surface area contributed by atoms with Crippen molar-refractivity contribution in [1.82, 2.24) is 4.57 Å². The van der Waals surface area contributed by atoms with E-state index in [0.717, 1.165) is 26.0 Å². The van der Waals surface area contributed by atoms with Gasteiger partial charge < -0.3 is 9.47 Å². The molecule has 0 saturated heterocycles. The van der Waals surface area contributed by atoms with Crippen LogP contribution in [0, 0.1) is 10.5 Å². The molecule has 6 nitrogen and oxygen atoms in total. The number of aromatic nitrogens is 1. The Morgan fingerprint density at radius 3 is 2.51 bits per heavy atom. The van der Waals surface area contributed by atoms with Crippen LogP contribution < -0.4 is 19.6 Å². The lowest BCUT2D eigenvalue weighted by molar-refractivity contribution is -0.136. The molecule has 0 spiro atoms. The van der Waals surface area contributed by atoms with Crippen LogP contribution in [0.5, 0.6) is 5.75 Å².